The Bertz CT molecular complexity index is 1020. The molecular formula is C16H16N4O3S. The summed E-state index contributed by atoms with van der Waals surface area (Å²) in [5.74, 6) is 0.282. The average molecular weight is 344 g/mol. The minimum Gasteiger partial charge on any atom is -0.507 e. The van der Waals surface area contributed by atoms with Crippen LogP contribution in [0.3, 0.4) is 0 Å². The van der Waals surface area contributed by atoms with Crippen LogP contribution < -0.4 is 0 Å². The molecule has 0 atom stereocenters. The van der Waals surface area contributed by atoms with Crippen molar-refractivity contribution in [3.8, 4) is 17.0 Å². The van der Waals surface area contributed by atoms with Gasteiger partial charge in [0.15, 0.2) is 5.65 Å². The Hall–Kier alpha value is -2.45. The molecule has 8 heteroatoms. The van der Waals surface area contributed by atoms with Gasteiger partial charge in [-0.05, 0) is 23.8 Å². The molecule has 0 bridgehead atoms. The van der Waals surface area contributed by atoms with Crippen molar-refractivity contribution in [1.82, 2.24) is 19.5 Å². The smallest absolute Gasteiger partial charge is 0.211 e. The summed E-state index contributed by atoms with van der Waals surface area (Å²) in [7, 11) is -3.14. The van der Waals surface area contributed by atoms with Gasteiger partial charge in [0, 0.05) is 36.2 Å². The molecule has 1 fully saturated rings. The summed E-state index contributed by atoms with van der Waals surface area (Å²) < 4.78 is 24.5. The fraction of sp³-hybridized carbons (Fsp3) is 0.250. The summed E-state index contributed by atoms with van der Waals surface area (Å²) in [4.78, 5) is 3.08. The number of benzene rings is 1. The fourth-order valence-corrected chi connectivity index (χ4v) is 3.91. The number of aromatic nitrogens is 3. The van der Waals surface area contributed by atoms with E-state index in [2.05, 4.69) is 15.2 Å². The summed E-state index contributed by atoms with van der Waals surface area (Å²) in [6.07, 6.45) is 3.08. The Morgan fingerprint density at radius 3 is 2.71 bits per heavy atom. The van der Waals surface area contributed by atoms with Gasteiger partial charge in [0.2, 0.25) is 10.0 Å². The van der Waals surface area contributed by atoms with E-state index in [0.29, 0.717) is 30.0 Å². The first-order valence-corrected chi connectivity index (χ1v) is 9.36. The van der Waals surface area contributed by atoms with Crippen LogP contribution in [0.2, 0.25) is 0 Å². The summed E-state index contributed by atoms with van der Waals surface area (Å²) in [6, 6.07) is 8.85. The number of fused-ring (bicyclic) bond motifs is 1. The SMILES string of the molecule is CS(=O)(=O)N1CC(c2c[nH]c3nnc(-c4ccccc4O)cc23)C1. The van der Waals surface area contributed by atoms with Gasteiger partial charge in [-0.1, -0.05) is 12.1 Å². The number of sulfonamides is 1. The quantitative estimate of drug-likeness (QED) is 0.753. The van der Waals surface area contributed by atoms with Gasteiger partial charge in [-0.3, -0.25) is 0 Å². The third kappa shape index (κ3) is 2.44. The normalized spacial score (nSPS) is 16.4. The van der Waals surface area contributed by atoms with E-state index in [1.54, 1.807) is 18.2 Å². The van der Waals surface area contributed by atoms with Crippen LogP contribution in [-0.4, -0.2) is 52.4 Å². The third-order valence-electron chi connectivity index (χ3n) is 4.41. The minimum absolute atomic E-state index is 0.134. The van der Waals surface area contributed by atoms with Crippen LogP contribution in [0.5, 0.6) is 5.75 Å². The van der Waals surface area contributed by atoms with Crippen LogP contribution >= 0.6 is 0 Å². The minimum atomic E-state index is -3.14. The highest BCUT2D eigenvalue weighted by Gasteiger charge is 2.35. The first kappa shape index (κ1) is 15.1. The Balaban J connectivity index is 1.72. The molecule has 0 aliphatic carbocycles. The van der Waals surface area contributed by atoms with Crippen LogP contribution in [0.15, 0.2) is 36.5 Å². The van der Waals surface area contributed by atoms with Crippen LogP contribution in [0, 0.1) is 0 Å². The molecule has 7 nitrogen and oxygen atoms in total. The van der Waals surface area contributed by atoms with E-state index in [-0.39, 0.29) is 11.7 Å². The van der Waals surface area contributed by atoms with Gasteiger partial charge in [0.25, 0.3) is 0 Å². The standard InChI is InChI=1S/C16H16N4O3S/c1-24(22,23)20-8-10(9-20)13-7-17-16-12(13)6-14(18-19-16)11-4-2-3-5-15(11)21/h2-7,10,21H,8-9H2,1H3,(H,17,19). The Morgan fingerprint density at radius 1 is 1.25 bits per heavy atom. The van der Waals surface area contributed by atoms with Crippen LogP contribution in [0.1, 0.15) is 11.5 Å². The zero-order valence-corrected chi connectivity index (χ0v) is 13.8. The van der Waals surface area contributed by atoms with Crippen LogP contribution in [0.25, 0.3) is 22.3 Å². The average Bonchev–Trinajstić information content (AvgIpc) is 2.88. The van der Waals surface area contributed by atoms with Crippen molar-refractivity contribution in [2.24, 2.45) is 0 Å². The topological polar surface area (TPSA) is 99.2 Å². The van der Waals surface area contributed by atoms with Crippen LogP contribution in [-0.2, 0) is 10.0 Å². The third-order valence-corrected chi connectivity index (χ3v) is 5.64. The van der Waals surface area contributed by atoms with E-state index in [9.17, 15) is 13.5 Å². The number of phenols is 1. The second-order valence-electron chi connectivity index (χ2n) is 6.03. The number of rotatable bonds is 3. The van der Waals surface area contributed by atoms with Gasteiger partial charge in [-0.15, -0.1) is 10.2 Å². The predicted octanol–water partition coefficient (Wildman–Crippen LogP) is 1.69. The predicted molar refractivity (Wildman–Crippen MR) is 90.1 cm³/mol. The number of H-pyrrole nitrogens is 1. The molecule has 24 heavy (non-hydrogen) atoms. The Kier molecular flexibility index (Phi) is 3.33. The van der Waals surface area contributed by atoms with Crippen molar-refractivity contribution >= 4 is 21.1 Å². The molecule has 3 aromatic rings. The van der Waals surface area contributed by atoms with Crippen molar-refractivity contribution in [2.45, 2.75) is 5.92 Å². The number of hydrogen-bond donors (Lipinski definition) is 2. The lowest BCUT2D eigenvalue weighted by Crippen LogP contribution is -2.47. The molecular weight excluding hydrogens is 328 g/mol. The fourth-order valence-electron chi connectivity index (χ4n) is 3.01. The van der Waals surface area contributed by atoms with Gasteiger partial charge in [0.1, 0.15) is 5.75 Å². The van der Waals surface area contributed by atoms with Gasteiger partial charge in [0.05, 0.1) is 11.9 Å². The number of para-hydroxylation sites is 1. The highest BCUT2D eigenvalue weighted by Crippen LogP contribution is 2.35. The van der Waals surface area contributed by atoms with E-state index in [4.69, 9.17) is 0 Å². The van der Waals surface area contributed by atoms with E-state index in [0.717, 1.165) is 10.9 Å². The van der Waals surface area contributed by atoms with E-state index >= 15 is 0 Å². The van der Waals surface area contributed by atoms with Crippen LogP contribution in [0.4, 0.5) is 0 Å². The van der Waals surface area contributed by atoms with E-state index in [1.807, 2.05) is 18.3 Å². The molecule has 124 valence electrons. The number of aromatic hydroxyl groups is 1. The second-order valence-corrected chi connectivity index (χ2v) is 8.01. The maximum Gasteiger partial charge on any atom is 0.211 e. The molecule has 4 rings (SSSR count). The van der Waals surface area contributed by atoms with E-state index < -0.39 is 10.0 Å². The number of nitrogens with one attached hydrogen (secondary N) is 1. The summed E-state index contributed by atoms with van der Waals surface area (Å²) in [5, 5.41) is 19.2. The molecule has 2 N–H and O–H groups in total. The van der Waals surface area contributed by atoms with Gasteiger partial charge in [-0.25, -0.2) is 12.7 Å². The molecule has 0 amide bonds. The van der Waals surface area contributed by atoms with Gasteiger partial charge >= 0.3 is 0 Å². The second kappa shape index (κ2) is 5.29. The number of aromatic amines is 1. The molecule has 2 aromatic heterocycles. The zero-order chi connectivity index (χ0) is 16.9. The van der Waals surface area contributed by atoms with Crippen molar-refractivity contribution < 1.29 is 13.5 Å². The summed E-state index contributed by atoms with van der Waals surface area (Å²) in [6.45, 7) is 0.945. The highest BCUT2D eigenvalue weighted by atomic mass is 32.2. The van der Waals surface area contributed by atoms with Crippen molar-refractivity contribution in [2.75, 3.05) is 19.3 Å². The molecule has 1 aromatic carbocycles. The number of hydrogen-bond acceptors (Lipinski definition) is 5. The molecule has 1 saturated heterocycles. The van der Waals surface area contributed by atoms with Crippen molar-refractivity contribution in [3.63, 3.8) is 0 Å². The molecule has 0 saturated carbocycles. The monoisotopic (exact) mass is 344 g/mol. The summed E-state index contributed by atoms with van der Waals surface area (Å²) in [5.41, 5.74) is 2.88. The number of nitrogens with zero attached hydrogens (tertiary/aromatic N) is 3. The lowest BCUT2D eigenvalue weighted by molar-refractivity contribution is 0.267. The van der Waals surface area contributed by atoms with Gasteiger partial charge in [-0.2, -0.15) is 0 Å². The first-order chi connectivity index (χ1) is 11.4. The lowest BCUT2D eigenvalue weighted by atomic mass is 9.93. The largest absolute Gasteiger partial charge is 0.507 e. The molecule has 0 spiro atoms. The van der Waals surface area contributed by atoms with Crippen molar-refractivity contribution in [1.29, 1.82) is 0 Å². The molecule has 0 unspecified atom stereocenters. The number of phenolic OH excluding ortho intramolecular Hbond substituents is 1. The van der Waals surface area contributed by atoms with Crippen molar-refractivity contribution in [3.05, 3.63) is 42.1 Å². The maximum atomic E-state index is 11.5. The molecule has 3 heterocycles. The van der Waals surface area contributed by atoms with Gasteiger partial charge < -0.3 is 10.1 Å². The molecule has 1 aliphatic heterocycles. The van der Waals surface area contributed by atoms with E-state index in [1.165, 1.54) is 10.6 Å². The molecule has 0 radical (unpaired) electrons. The summed E-state index contributed by atoms with van der Waals surface area (Å²) >= 11 is 0. The highest BCUT2D eigenvalue weighted by molar-refractivity contribution is 7.88. The Labute approximate surface area is 139 Å². The lowest BCUT2D eigenvalue weighted by Gasteiger charge is -2.37. The Morgan fingerprint density at radius 2 is 2.00 bits per heavy atom. The molecule has 1 aliphatic rings. The first-order valence-electron chi connectivity index (χ1n) is 7.51. The zero-order valence-electron chi connectivity index (χ0n) is 13.0. The maximum absolute atomic E-state index is 11.5.